The molecule has 5 nitrogen and oxygen atoms in total. The lowest BCUT2D eigenvalue weighted by Crippen LogP contribution is -2.43. The van der Waals surface area contributed by atoms with Crippen LogP contribution >= 0.6 is 0 Å². The van der Waals surface area contributed by atoms with Crippen LogP contribution in [0.4, 0.5) is 9.18 Å². The third-order valence-corrected chi connectivity index (χ3v) is 4.04. The van der Waals surface area contributed by atoms with Gasteiger partial charge in [-0.2, -0.15) is 0 Å². The second-order valence-corrected chi connectivity index (χ2v) is 7.24. The summed E-state index contributed by atoms with van der Waals surface area (Å²) < 4.78 is 18.2. The van der Waals surface area contributed by atoms with E-state index in [9.17, 15) is 14.3 Å². The number of aliphatic hydroxyl groups excluding tert-OH is 1. The molecule has 0 spiro atoms. The van der Waals surface area contributed by atoms with Gasteiger partial charge >= 0.3 is 6.09 Å². The summed E-state index contributed by atoms with van der Waals surface area (Å²) in [6.07, 6.45) is 0.893. The maximum absolute atomic E-state index is 13.0. The molecule has 0 radical (unpaired) electrons. The van der Waals surface area contributed by atoms with Crippen molar-refractivity contribution >= 4 is 6.09 Å². The van der Waals surface area contributed by atoms with Crippen LogP contribution in [0.15, 0.2) is 24.3 Å². The zero-order valence-electron chi connectivity index (χ0n) is 14.6. The van der Waals surface area contributed by atoms with Crippen LogP contribution in [0.3, 0.4) is 0 Å². The predicted octanol–water partition coefficient (Wildman–Crippen LogP) is 2.85. The molecule has 1 amide bonds. The number of carbonyl (C=O) groups excluding carboxylic acids is 1. The molecule has 2 rings (SSSR count). The van der Waals surface area contributed by atoms with E-state index in [4.69, 9.17) is 4.74 Å². The molecular weight excluding hydrogens is 311 g/mol. The molecule has 0 saturated carbocycles. The molecule has 24 heavy (non-hydrogen) atoms. The van der Waals surface area contributed by atoms with Gasteiger partial charge in [0.15, 0.2) is 0 Å². The zero-order chi connectivity index (χ0) is 17.7. The summed E-state index contributed by atoms with van der Waals surface area (Å²) in [5, 5.41) is 13.1. The first-order valence-electron chi connectivity index (χ1n) is 8.39. The summed E-state index contributed by atoms with van der Waals surface area (Å²) in [5.41, 5.74) is 0.181. The van der Waals surface area contributed by atoms with E-state index in [1.165, 1.54) is 12.1 Å². The number of nitrogens with one attached hydrogen (secondary N) is 1. The Hall–Kier alpha value is -1.66. The number of nitrogens with zero attached hydrogens (tertiary/aromatic N) is 1. The molecule has 1 fully saturated rings. The molecule has 2 unspecified atom stereocenters. The maximum Gasteiger partial charge on any atom is 0.407 e. The number of amides is 1. The molecule has 1 aromatic rings. The van der Waals surface area contributed by atoms with Crippen LogP contribution in [0.25, 0.3) is 0 Å². The molecule has 1 saturated heterocycles. The Bertz CT molecular complexity index is 542. The highest BCUT2D eigenvalue weighted by Crippen LogP contribution is 2.22. The van der Waals surface area contributed by atoms with Crippen LogP contribution in [0.2, 0.25) is 0 Å². The van der Waals surface area contributed by atoms with Crippen molar-refractivity contribution in [1.82, 2.24) is 10.2 Å². The van der Waals surface area contributed by atoms with E-state index < -0.39 is 17.8 Å². The number of β-amino-alcohol motifs (C(OH)–C–C–N with tert-alkyl or cyclic N) is 1. The number of ether oxygens (including phenoxy) is 1. The van der Waals surface area contributed by atoms with Gasteiger partial charge in [0.2, 0.25) is 0 Å². The van der Waals surface area contributed by atoms with E-state index in [-0.39, 0.29) is 11.9 Å². The summed E-state index contributed by atoms with van der Waals surface area (Å²) in [7, 11) is 0. The molecule has 0 aromatic heterocycles. The standard InChI is InChI=1S/C18H27FN2O3/c1-18(2,3)24-17(23)20-11-15-5-4-10-21(15)12-16(22)13-6-8-14(19)9-7-13/h6-9,15-16,22H,4-5,10-12H2,1-3H3,(H,20,23). The van der Waals surface area contributed by atoms with Gasteiger partial charge in [0.05, 0.1) is 6.10 Å². The van der Waals surface area contributed by atoms with Gasteiger partial charge in [-0.25, -0.2) is 9.18 Å². The number of hydrogen-bond acceptors (Lipinski definition) is 4. The van der Waals surface area contributed by atoms with Crippen molar-refractivity contribution in [2.75, 3.05) is 19.6 Å². The van der Waals surface area contributed by atoms with E-state index >= 15 is 0 Å². The van der Waals surface area contributed by atoms with E-state index in [1.807, 2.05) is 20.8 Å². The van der Waals surface area contributed by atoms with Crippen molar-refractivity contribution in [3.63, 3.8) is 0 Å². The number of likely N-dealkylation sites (tertiary alicyclic amines) is 1. The van der Waals surface area contributed by atoms with Crippen LogP contribution in [-0.4, -0.2) is 47.4 Å². The molecule has 2 atom stereocenters. The van der Waals surface area contributed by atoms with Crippen molar-refractivity contribution < 1.29 is 19.0 Å². The number of benzene rings is 1. The van der Waals surface area contributed by atoms with E-state index in [0.717, 1.165) is 19.4 Å². The van der Waals surface area contributed by atoms with E-state index in [0.29, 0.717) is 18.7 Å². The molecule has 1 heterocycles. The first-order chi connectivity index (χ1) is 11.2. The van der Waals surface area contributed by atoms with Gasteiger partial charge < -0.3 is 15.2 Å². The Labute approximate surface area is 142 Å². The van der Waals surface area contributed by atoms with Crippen molar-refractivity contribution in [3.05, 3.63) is 35.6 Å². The van der Waals surface area contributed by atoms with Crippen LogP contribution in [0.5, 0.6) is 0 Å². The summed E-state index contributed by atoms with van der Waals surface area (Å²) in [6, 6.07) is 6.08. The fourth-order valence-electron chi connectivity index (χ4n) is 2.89. The summed E-state index contributed by atoms with van der Waals surface area (Å²) >= 11 is 0. The van der Waals surface area contributed by atoms with Crippen LogP contribution in [0.1, 0.15) is 45.3 Å². The Morgan fingerprint density at radius 2 is 2.08 bits per heavy atom. The highest BCUT2D eigenvalue weighted by atomic mass is 19.1. The average molecular weight is 338 g/mol. The first kappa shape index (κ1) is 18.7. The molecular formula is C18H27FN2O3. The van der Waals surface area contributed by atoms with Crippen molar-refractivity contribution in [2.45, 2.75) is 51.4 Å². The number of halogens is 1. The summed E-state index contributed by atoms with van der Waals surface area (Å²) in [5.74, 6) is -0.313. The molecule has 0 bridgehead atoms. The minimum absolute atomic E-state index is 0.174. The largest absolute Gasteiger partial charge is 0.444 e. The third-order valence-electron chi connectivity index (χ3n) is 4.04. The first-order valence-corrected chi connectivity index (χ1v) is 8.39. The molecule has 134 valence electrons. The molecule has 1 aromatic carbocycles. The van der Waals surface area contributed by atoms with Gasteiger partial charge in [0.25, 0.3) is 0 Å². The Morgan fingerprint density at radius 3 is 2.71 bits per heavy atom. The number of aliphatic hydroxyl groups is 1. The third kappa shape index (κ3) is 5.76. The van der Waals surface area contributed by atoms with Crippen LogP contribution in [-0.2, 0) is 4.74 Å². The topological polar surface area (TPSA) is 61.8 Å². The number of hydrogen-bond donors (Lipinski definition) is 2. The maximum atomic E-state index is 13.0. The van der Waals surface area contributed by atoms with Gasteiger partial charge in [-0.1, -0.05) is 12.1 Å². The molecule has 6 heteroatoms. The lowest BCUT2D eigenvalue weighted by Gasteiger charge is -2.27. The van der Waals surface area contributed by atoms with Crippen molar-refractivity contribution in [1.29, 1.82) is 0 Å². The van der Waals surface area contributed by atoms with Crippen LogP contribution < -0.4 is 5.32 Å². The van der Waals surface area contributed by atoms with Gasteiger partial charge in [0, 0.05) is 19.1 Å². The fraction of sp³-hybridized carbons (Fsp3) is 0.611. The van der Waals surface area contributed by atoms with E-state index in [1.54, 1.807) is 12.1 Å². The predicted molar refractivity (Wildman–Crippen MR) is 90.2 cm³/mol. The highest BCUT2D eigenvalue weighted by Gasteiger charge is 2.27. The van der Waals surface area contributed by atoms with Crippen molar-refractivity contribution in [3.8, 4) is 0 Å². The summed E-state index contributed by atoms with van der Waals surface area (Å²) in [4.78, 5) is 13.9. The second kappa shape index (κ2) is 7.94. The summed E-state index contributed by atoms with van der Waals surface area (Å²) in [6.45, 7) is 7.31. The second-order valence-electron chi connectivity index (χ2n) is 7.24. The van der Waals surface area contributed by atoms with Gasteiger partial charge in [0.1, 0.15) is 11.4 Å². The highest BCUT2D eigenvalue weighted by molar-refractivity contribution is 5.67. The van der Waals surface area contributed by atoms with E-state index in [2.05, 4.69) is 10.2 Å². The minimum Gasteiger partial charge on any atom is -0.444 e. The molecule has 2 N–H and O–H groups in total. The van der Waals surface area contributed by atoms with Gasteiger partial charge in [-0.05, 0) is 57.9 Å². The fourth-order valence-corrected chi connectivity index (χ4v) is 2.89. The Morgan fingerprint density at radius 1 is 1.42 bits per heavy atom. The zero-order valence-corrected chi connectivity index (χ0v) is 14.6. The quantitative estimate of drug-likeness (QED) is 0.867. The number of alkyl carbamates (subject to hydrolysis) is 1. The molecule has 1 aliphatic heterocycles. The van der Waals surface area contributed by atoms with Gasteiger partial charge in [-0.15, -0.1) is 0 Å². The SMILES string of the molecule is CC(C)(C)OC(=O)NCC1CCCN1CC(O)c1ccc(F)cc1. The normalized spacial score (nSPS) is 20.0. The Kier molecular flexibility index (Phi) is 6.18. The van der Waals surface area contributed by atoms with Crippen molar-refractivity contribution in [2.24, 2.45) is 0 Å². The number of carbonyl (C=O) groups is 1. The van der Waals surface area contributed by atoms with Crippen LogP contribution in [0, 0.1) is 5.82 Å². The lowest BCUT2D eigenvalue weighted by atomic mass is 10.1. The lowest BCUT2D eigenvalue weighted by molar-refractivity contribution is 0.0503. The smallest absolute Gasteiger partial charge is 0.407 e. The molecule has 0 aliphatic carbocycles. The molecule has 1 aliphatic rings. The monoisotopic (exact) mass is 338 g/mol. The number of rotatable bonds is 5. The Balaban J connectivity index is 1.84. The van der Waals surface area contributed by atoms with Gasteiger partial charge in [-0.3, -0.25) is 4.90 Å². The average Bonchev–Trinajstić information content (AvgIpc) is 2.91. The minimum atomic E-state index is -0.673.